The Labute approximate surface area is 113 Å². The zero-order valence-corrected chi connectivity index (χ0v) is 12.0. The third kappa shape index (κ3) is 2.75. The third-order valence-corrected chi connectivity index (χ3v) is 4.91. The van der Waals surface area contributed by atoms with Crippen molar-refractivity contribution in [2.24, 2.45) is 11.7 Å². The second kappa shape index (κ2) is 5.11. The Balaban J connectivity index is 2.49. The maximum Gasteiger partial charge on any atom is 0.179 e. The first-order chi connectivity index (χ1) is 8.84. The van der Waals surface area contributed by atoms with Crippen molar-refractivity contribution in [3.05, 3.63) is 23.8 Å². The highest BCUT2D eigenvalue weighted by Crippen LogP contribution is 2.39. The van der Waals surface area contributed by atoms with Gasteiger partial charge in [-0.3, -0.25) is 4.90 Å². The monoisotopic (exact) mass is 284 g/mol. The van der Waals surface area contributed by atoms with Gasteiger partial charge in [0.05, 0.1) is 0 Å². The van der Waals surface area contributed by atoms with Crippen molar-refractivity contribution in [1.82, 2.24) is 4.90 Å². The molecule has 1 aliphatic heterocycles. The summed E-state index contributed by atoms with van der Waals surface area (Å²) in [5.74, 6) is 0.189. The van der Waals surface area contributed by atoms with E-state index in [1.54, 1.807) is 12.1 Å². The van der Waals surface area contributed by atoms with Crippen LogP contribution in [0.4, 0.5) is 0 Å². The molecule has 1 aliphatic rings. The molecular formula is C13H20N2O3S. The molecule has 2 atom stereocenters. The molecule has 1 fully saturated rings. The fraction of sp³-hybridized carbons (Fsp3) is 0.538. The molecule has 0 aliphatic carbocycles. The van der Waals surface area contributed by atoms with Gasteiger partial charge in [-0.15, -0.1) is 0 Å². The summed E-state index contributed by atoms with van der Waals surface area (Å²) in [4.78, 5) is 2.14. The quantitative estimate of drug-likeness (QED) is 0.855. The summed E-state index contributed by atoms with van der Waals surface area (Å²) >= 11 is 0. The third-order valence-electron chi connectivity index (χ3n) is 3.72. The summed E-state index contributed by atoms with van der Waals surface area (Å²) in [5, 5.41) is 9.87. The van der Waals surface area contributed by atoms with E-state index in [2.05, 4.69) is 4.90 Å². The second-order valence-corrected chi connectivity index (χ2v) is 7.21. The average molecular weight is 284 g/mol. The number of rotatable bonds is 3. The molecule has 19 heavy (non-hydrogen) atoms. The van der Waals surface area contributed by atoms with Crippen molar-refractivity contribution in [1.29, 1.82) is 0 Å². The number of phenols is 1. The van der Waals surface area contributed by atoms with Gasteiger partial charge in [-0.25, -0.2) is 8.42 Å². The Morgan fingerprint density at radius 3 is 2.68 bits per heavy atom. The molecular weight excluding hydrogens is 264 g/mol. The van der Waals surface area contributed by atoms with Crippen molar-refractivity contribution < 1.29 is 13.5 Å². The summed E-state index contributed by atoms with van der Waals surface area (Å²) in [6.07, 6.45) is 1.94. The lowest BCUT2D eigenvalue weighted by molar-refractivity contribution is 0.308. The van der Waals surface area contributed by atoms with Gasteiger partial charge in [0.1, 0.15) is 10.6 Å². The molecule has 0 spiro atoms. The molecule has 0 amide bonds. The maximum atomic E-state index is 11.9. The maximum absolute atomic E-state index is 11.9. The van der Waals surface area contributed by atoms with Crippen LogP contribution in [0.1, 0.15) is 18.0 Å². The molecule has 5 nitrogen and oxygen atoms in total. The fourth-order valence-corrected chi connectivity index (χ4v) is 3.93. The number of hydrogen-bond acceptors (Lipinski definition) is 5. The van der Waals surface area contributed by atoms with E-state index < -0.39 is 9.84 Å². The first-order valence-corrected chi connectivity index (χ1v) is 8.16. The minimum Gasteiger partial charge on any atom is -0.507 e. The van der Waals surface area contributed by atoms with E-state index >= 15 is 0 Å². The lowest BCUT2D eigenvalue weighted by atomic mass is 9.99. The van der Waals surface area contributed by atoms with Gasteiger partial charge in [-0.2, -0.15) is 0 Å². The molecule has 3 N–H and O–H groups in total. The van der Waals surface area contributed by atoms with Gasteiger partial charge < -0.3 is 10.8 Å². The van der Waals surface area contributed by atoms with Gasteiger partial charge in [-0.1, -0.05) is 12.1 Å². The van der Waals surface area contributed by atoms with E-state index in [4.69, 9.17) is 5.73 Å². The SMILES string of the molecule is CN1CC(CN)CC1c1cccc(O)c1S(C)(=O)=O. The number of hydrogen-bond donors (Lipinski definition) is 2. The first-order valence-electron chi connectivity index (χ1n) is 6.26. The first kappa shape index (κ1) is 14.3. The summed E-state index contributed by atoms with van der Waals surface area (Å²) < 4.78 is 23.8. The molecule has 0 bridgehead atoms. The molecule has 6 heteroatoms. The number of benzene rings is 1. The van der Waals surface area contributed by atoms with Crippen LogP contribution in [0.5, 0.6) is 5.75 Å². The highest BCUT2D eigenvalue weighted by atomic mass is 32.2. The Morgan fingerprint density at radius 2 is 2.16 bits per heavy atom. The van der Waals surface area contributed by atoms with E-state index in [1.165, 1.54) is 6.07 Å². The van der Waals surface area contributed by atoms with Crippen LogP contribution in [0.2, 0.25) is 0 Å². The molecule has 106 valence electrons. The second-order valence-electron chi connectivity index (χ2n) is 5.26. The summed E-state index contributed by atoms with van der Waals surface area (Å²) in [6, 6.07) is 4.86. The smallest absolute Gasteiger partial charge is 0.179 e. The average Bonchev–Trinajstić information content (AvgIpc) is 2.68. The molecule has 2 rings (SSSR count). The zero-order chi connectivity index (χ0) is 14.2. The number of nitrogens with two attached hydrogens (primary N) is 1. The Kier molecular flexibility index (Phi) is 3.85. The van der Waals surface area contributed by atoms with Crippen molar-refractivity contribution in [3.63, 3.8) is 0 Å². The highest BCUT2D eigenvalue weighted by Gasteiger charge is 2.33. The standard InChI is InChI=1S/C13H20N2O3S/c1-15-8-9(7-14)6-11(15)10-4-3-5-12(16)13(10)19(2,17)18/h3-5,9,11,16H,6-8,14H2,1-2H3. The van der Waals surface area contributed by atoms with Crippen LogP contribution in [0.25, 0.3) is 0 Å². The van der Waals surface area contributed by atoms with E-state index in [1.807, 2.05) is 7.05 Å². The number of phenolic OH excluding ortho intramolecular Hbond substituents is 1. The molecule has 1 aromatic carbocycles. The molecule has 0 aromatic heterocycles. The van der Waals surface area contributed by atoms with Crippen molar-refractivity contribution in [2.75, 3.05) is 26.4 Å². The lowest BCUT2D eigenvalue weighted by Gasteiger charge is -2.22. The summed E-state index contributed by atoms with van der Waals surface area (Å²) in [7, 11) is -1.50. The zero-order valence-electron chi connectivity index (χ0n) is 11.2. The number of likely N-dealkylation sites (tertiary alicyclic amines) is 1. The van der Waals surface area contributed by atoms with E-state index in [9.17, 15) is 13.5 Å². The Bertz CT molecular complexity index is 571. The lowest BCUT2D eigenvalue weighted by Crippen LogP contribution is -2.21. The largest absolute Gasteiger partial charge is 0.507 e. The van der Waals surface area contributed by atoms with E-state index in [-0.39, 0.29) is 16.7 Å². The van der Waals surface area contributed by atoms with Crippen LogP contribution >= 0.6 is 0 Å². The summed E-state index contributed by atoms with van der Waals surface area (Å²) in [6.45, 7) is 1.44. The van der Waals surface area contributed by atoms with Crippen LogP contribution < -0.4 is 5.73 Å². The molecule has 2 unspecified atom stereocenters. The highest BCUT2D eigenvalue weighted by molar-refractivity contribution is 7.90. The van der Waals surface area contributed by atoms with Gasteiger partial charge >= 0.3 is 0 Å². The molecule has 0 saturated carbocycles. The van der Waals surface area contributed by atoms with Gasteiger partial charge in [0.2, 0.25) is 0 Å². The van der Waals surface area contributed by atoms with Crippen LogP contribution in [-0.4, -0.2) is 44.8 Å². The van der Waals surface area contributed by atoms with Crippen LogP contribution in [0.3, 0.4) is 0 Å². The normalized spacial score (nSPS) is 24.8. The van der Waals surface area contributed by atoms with Gasteiger partial charge in [0.25, 0.3) is 0 Å². The number of nitrogens with zero attached hydrogens (tertiary/aromatic N) is 1. The van der Waals surface area contributed by atoms with Crippen molar-refractivity contribution >= 4 is 9.84 Å². The van der Waals surface area contributed by atoms with Crippen LogP contribution in [0.15, 0.2) is 23.1 Å². The number of aromatic hydroxyl groups is 1. The van der Waals surface area contributed by atoms with E-state index in [0.717, 1.165) is 19.2 Å². The van der Waals surface area contributed by atoms with Gasteiger partial charge in [0, 0.05) is 18.8 Å². The fourth-order valence-electron chi connectivity index (χ4n) is 2.85. The molecule has 0 radical (unpaired) electrons. The molecule has 1 heterocycles. The van der Waals surface area contributed by atoms with Crippen molar-refractivity contribution in [2.45, 2.75) is 17.4 Å². The number of sulfone groups is 1. The van der Waals surface area contributed by atoms with Crippen LogP contribution in [-0.2, 0) is 9.84 Å². The van der Waals surface area contributed by atoms with Crippen molar-refractivity contribution in [3.8, 4) is 5.75 Å². The van der Waals surface area contributed by atoms with Gasteiger partial charge in [-0.05, 0) is 37.6 Å². The minimum atomic E-state index is -3.46. The van der Waals surface area contributed by atoms with E-state index in [0.29, 0.717) is 18.0 Å². The Hall–Kier alpha value is -1.11. The Morgan fingerprint density at radius 1 is 1.47 bits per heavy atom. The topological polar surface area (TPSA) is 83.6 Å². The molecule has 1 saturated heterocycles. The summed E-state index contributed by atoms with van der Waals surface area (Å²) in [5.41, 5.74) is 6.36. The van der Waals surface area contributed by atoms with Gasteiger partial charge in [0.15, 0.2) is 9.84 Å². The molecule has 1 aromatic rings. The van der Waals surface area contributed by atoms with Crippen LogP contribution in [0, 0.1) is 5.92 Å². The minimum absolute atomic E-state index is 0.00891. The predicted octanol–water partition coefficient (Wildman–Crippen LogP) is 0.747. The predicted molar refractivity (Wildman–Crippen MR) is 73.7 cm³/mol.